The van der Waals surface area contributed by atoms with E-state index in [2.05, 4.69) is 9.46 Å². The molecule has 0 saturated carbocycles. The predicted octanol–water partition coefficient (Wildman–Crippen LogP) is 1.44. The van der Waals surface area contributed by atoms with Gasteiger partial charge in [0.05, 0.1) is 25.4 Å². The van der Waals surface area contributed by atoms with Crippen molar-refractivity contribution < 1.29 is 22.7 Å². The summed E-state index contributed by atoms with van der Waals surface area (Å²) < 4.78 is 38.3. The van der Waals surface area contributed by atoms with E-state index in [9.17, 15) is 13.2 Å². The van der Waals surface area contributed by atoms with E-state index in [-0.39, 0.29) is 28.0 Å². The lowest BCUT2D eigenvalue weighted by atomic mass is 9.96. The van der Waals surface area contributed by atoms with E-state index in [0.717, 1.165) is 24.2 Å². The normalized spacial score (nSPS) is 28.0. The Labute approximate surface area is 127 Å². The largest absolute Gasteiger partial charge is 0.465 e. The summed E-state index contributed by atoms with van der Waals surface area (Å²) in [6.07, 6.45) is 2.68. The fourth-order valence-electron chi connectivity index (χ4n) is 3.02. The number of carbonyl (C=O) groups excluding carboxylic acids is 1. The molecule has 0 radical (unpaired) electrons. The summed E-state index contributed by atoms with van der Waals surface area (Å²) in [5, 5.41) is 1.65. The van der Waals surface area contributed by atoms with Gasteiger partial charge in [0.15, 0.2) is 0 Å². The number of nitrogens with one attached hydrogen (secondary N) is 1. The van der Waals surface area contributed by atoms with Gasteiger partial charge in [-0.15, -0.1) is 11.3 Å². The second-order valence-electron chi connectivity index (χ2n) is 5.41. The van der Waals surface area contributed by atoms with Gasteiger partial charge >= 0.3 is 5.97 Å². The molecule has 0 amide bonds. The van der Waals surface area contributed by atoms with Gasteiger partial charge < -0.3 is 9.47 Å². The zero-order chi connectivity index (χ0) is 15.2. The number of sulfonamides is 1. The van der Waals surface area contributed by atoms with Crippen LogP contribution in [0.1, 0.15) is 34.5 Å². The lowest BCUT2D eigenvalue weighted by Crippen LogP contribution is -2.41. The number of fused-ring (bicyclic) bond motifs is 2. The summed E-state index contributed by atoms with van der Waals surface area (Å²) in [5.41, 5.74) is 0.553. The predicted molar refractivity (Wildman–Crippen MR) is 77.0 cm³/mol. The molecule has 0 spiro atoms. The van der Waals surface area contributed by atoms with Crippen LogP contribution in [0.25, 0.3) is 0 Å². The van der Waals surface area contributed by atoms with E-state index < -0.39 is 16.0 Å². The summed E-state index contributed by atoms with van der Waals surface area (Å²) in [6.45, 7) is 1.68. The monoisotopic (exact) mass is 331 g/mol. The molecular formula is C13H17NO5S2. The molecule has 2 fully saturated rings. The molecule has 6 nitrogen and oxygen atoms in total. The molecule has 21 heavy (non-hydrogen) atoms. The molecule has 3 heterocycles. The fraction of sp³-hybridized carbons (Fsp3) is 0.615. The number of hydrogen-bond donors (Lipinski definition) is 1. The van der Waals surface area contributed by atoms with Gasteiger partial charge in [-0.1, -0.05) is 0 Å². The summed E-state index contributed by atoms with van der Waals surface area (Å²) in [4.78, 5) is 11.9. The van der Waals surface area contributed by atoms with E-state index >= 15 is 0 Å². The Morgan fingerprint density at radius 2 is 2.24 bits per heavy atom. The molecule has 0 unspecified atom stereocenters. The van der Waals surface area contributed by atoms with Crippen LogP contribution in [0.15, 0.2) is 10.3 Å². The molecule has 8 heteroatoms. The van der Waals surface area contributed by atoms with Crippen LogP contribution in [0.2, 0.25) is 0 Å². The van der Waals surface area contributed by atoms with Crippen molar-refractivity contribution in [1.29, 1.82) is 0 Å². The average molecular weight is 331 g/mol. The second kappa shape index (κ2) is 5.35. The third-order valence-electron chi connectivity index (χ3n) is 3.97. The van der Waals surface area contributed by atoms with E-state index in [1.807, 2.05) is 0 Å². The van der Waals surface area contributed by atoms with Crippen molar-refractivity contribution in [2.24, 2.45) is 0 Å². The molecule has 0 aliphatic carbocycles. The van der Waals surface area contributed by atoms with Crippen molar-refractivity contribution in [2.45, 2.75) is 49.3 Å². The minimum atomic E-state index is -3.76. The van der Waals surface area contributed by atoms with Crippen LogP contribution in [-0.2, 0) is 19.5 Å². The Morgan fingerprint density at radius 3 is 2.81 bits per heavy atom. The highest BCUT2D eigenvalue weighted by molar-refractivity contribution is 7.89. The van der Waals surface area contributed by atoms with Gasteiger partial charge in [0.1, 0.15) is 9.77 Å². The van der Waals surface area contributed by atoms with Crippen LogP contribution in [0.3, 0.4) is 0 Å². The molecule has 3 rings (SSSR count). The number of hydrogen-bond acceptors (Lipinski definition) is 6. The van der Waals surface area contributed by atoms with E-state index in [0.29, 0.717) is 12.0 Å². The Bertz CT molecular complexity index is 666. The maximum absolute atomic E-state index is 12.6. The number of carbonyl (C=O) groups is 1. The molecule has 1 N–H and O–H groups in total. The van der Waals surface area contributed by atoms with Crippen LogP contribution < -0.4 is 4.72 Å². The number of ether oxygens (including phenoxy) is 2. The Balaban J connectivity index is 1.88. The van der Waals surface area contributed by atoms with Gasteiger partial charge in [-0.2, -0.15) is 0 Å². The zero-order valence-corrected chi connectivity index (χ0v) is 13.4. The van der Waals surface area contributed by atoms with Crippen LogP contribution in [0, 0.1) is 6.92 Å². The summed E-state index contributed by atoms with van der Waals surface area (Å²) in [5.74, 6) is -0.627. The van der Waals surface area contributed by atoms with Crippen LogP contribution in [0.4, 0.5) is 0 Å². The quantitative estimate of drug-likeness (QED) is 0.844. The van der Waals surface area contributed by atoms with Crippen molar-refractivity contribution in [1.82, 2.24) is 4.72 Å². The molecule has 0 aromatic carbocycles. The first-order valence-corrected chi connectivity index (χ1v) is 9.13. The standard InChI is InChI=1S/C13H17NO5S2/c1-7-6-20-11(13(15)18-2)12(7)21(16,17)14-9-5-8-3-4-10(9)19-8/h6,8-10,14H,3-5H2,1-2H3/t8-,9-,10-/m1/s1. The first kappa shape index (κ1) is 15.0. The van der Waals surface area contributed by atoms with Gasteiger partial charge in [0.25, 0.3) is 0 Å². The lowest BCUT2D eigenvalue weighted by Gasteiger charge is -2.20. The van der Waals surface area contributed by atoms with Crippen LogP contribution in [0.5, 0.6) is 0 Å². The fourth-order valence-corrected chi connectivity index (χ4v) is 6.00. The Hall–Kier alpha value is -0.960. The van der Waals surface area contributed by atoms with E-state index in [4.69, 9.17) is 4.74 Å². The number of thiophene rings is 1. The minimum Gasteiger partial charge on any atom is -0.465 e. The Kier molecular flexibility index (Phi) is 3.81. The molecule has 116 valence electrons. The first-order valence-electron chi connectivity index (χ1n) is 6.76. The molecule has 3 atom stereocenters. The molecular weight excluding hydrogens is 314 g/mol. The lowest BCUT2D eigenvalue weighted by molar-refractivity contribution is 0.0602. The number of rotatable bonds is 4. The number of esters is 1. The van der Waals surface area contributed by atoms with Crippen molar-refractivity contribution in [3.63, 3.8) is 0 Å². The minimum absolute atomic E-state index is 0.0297. The zero-order valence-electron chi connectivity index (χ0n) is 11.8. The van der Waals surface area contributed by atoms with Crippen molar-refractivity contribution in [2.75, 3.05) is 7.11 Å². The van der Waals surface area contributed by atoms with Crippen molar-refractivity contribution in [3.05, 3.63) is 15.8 Å². The van der Waals surface area contributed by atoms with Crippen molar-refractivity contribution in [3.8, 4) is 0 Å². The number of methoxy groups -OCH3 is 1. The molecule has 2 aliphatic heterocycles. The summed E-state index contributed by atoms with van der Waals surface area (Å²) in [6, 6.07) is -0.210. The maximum atomic E-state index is 12.6. The topological polar surface area (TPSA) is 81.7 Å². The highest BCUT2D eigenvalue weighted by Gasteiger charge is 2.43. The first-order chi connectivity index (χ1) is 9.92. The molecule has 2 saturated heterocycles. The summed E-state index contributed by atoms with van der Waals surface area (Å²) in [7, 11) is -2.52. The third kappa shape index (κ3) is 2.61. The van der Waals surface area contributed by atoms with Gasteiger partial charge in [0.2, 0.25) is 10.0 Å². The van der Waals surface area contributed by atoms with E-state index in [1.165, 1.54) is 7.11 Å². The van der Waals surface area contributed by atoms with Gasteiger partial charge in [-0.25, -0.2) is 17.9 Å². The Morgan fingerprint density at radius 1 is 1.48 bits per heavy atom. The molecule has 2 bridgehead atoms. The van der Waals surface area contributed by atoms with Crippen molar-refractivity contribution >= 4 is 27.3 Å². The van der Waals surface area contributed by atoms with Gasteiger partial charge in [-0.05, 0) is 37.1 Å². The smallest absolute Gasteiger partial charge is 0.349 e. The highest BCUT2D eigenvalue weighted by atomic mass is 32.2. The van der Waals surface area contributed by atoms with Crippen LogP contribution >= 0.6 is 11.3 Å². The summed E-state index contributed by atoms with van der Waals surface area (Å²) >= 11 is 1.08. The number of aryl methyl sites for hydroxylation is 1. The van der Waals surface area contributed by atoms with E-state index in [1.54, 1.807) is 12.3 Å². The second-order valence-corrected chi connectivity index (χ2v) is 7.94. The SMILES string of the molecule is COC(=O)c1scc(C)c1S(=O)(=O)N[C@@H]1C[C@H]2CC[C@H]1O2. The van der Waals surface area contributed by atoms with Gasteiger partial charge in [0, 0.05) is 0 Å². The third-order valence-corrected chi connectivity index (χ3v) is 6.85. The van der Waals surface area contributed by atoms with Crippen LogP contribution in [-0.4, -0.2) is 39.7 Å². The maximum Gasteiger partial charge on any atom is 0.349 e. The average Bonchev–Trinajstić information content (AvgIpc) is 3.12. The molecule has 1 aromatic rings. The molecule has 2 aliphatic rings. The molecule has 1 aromatic heterocycles. The highest BCUT2D eigenvalue weighted by Crippen LogP contribution is 2.36. The van der Waals surface area contributed by atoms with Gasteiger partial charge in [-0.3, -0.25) is 0 Å².